The first-order valence-corrected chi connectivity index (χ1v) is 11.0. The molecule has 1 fully saturated rings. The molecule has 4 nitrogen and oxygen atoms in total. The molecule has 0 radical (unpaired) electrons. The van der Waals surface area contributed by atoms with Gasteiger partial charge in [-0.05, 0) is 48.2 Å². The number of hydrogen-bond acceptors (Lipinski definition) is 2. The lowest BCUT2D eigenvalue weighted by atomic mass is 9.67. The van der Waals surface area contributed by atoms with Crippen molar-refractivity contribution in [3.63, 3.8) is 0 Å². The van der Waals surface area contributed by atoms with Crippen molar-refractivity contribution in [3.05, 3.63) is 94.8 Å². The topological polar surface area (TPSA) is 38.1 Å². The number of carbonyl (C=O) groups is 1. The molecule has 1 aliphatic heterocycles. The fourth-order valence-corrected chi connectivity index (χ4v) is 4.98. The number of carbonyl (C=O) groups excluding carboxylic acids is 1. The van der Waals surface area contributed by atoms with Gasteiger partial charge in [0.15, 0.2) is 0 Å². The summed E-state index contributed by atoms with van der Waals surface area (Å²) in [6.45, 7) is 5.94. The smallest absolute Gasteiger partial charge is 0.233 e. The van der Waals surface area contributed by atoms with Gasteiger partial charge < -0.3 is 4.90 Å². The average Bonchev–Trinajstić information content (AvgIpc) is 3.16. The molecule has 0 saturated carbocycles. The number of anilines is 1. The molecule has 3 atom stereocenters. The van der Waals surface area contributed by atoms with E-state index in [2.05, 4.69) is 17.7 Å². The lowest BCUT2D eigenvalue weighted by Gasteiger charge is -2.48. The Labute approximate surface area is 193 Å². The molecule has 1 unspecified atom stereocenters. The summed E-state index contributed by atoms with van der Waals surface area (Å²) in [4.78, 5) is 15.8. The van der Waals surface area contributed by atoms with Crippen LogP contribution in [0.25, 0.3) is 0 Å². The second-order valence-corrected chi connectivity index (χ2v) is 9.34. The van der Waals surface area contributed by atoms with Crippen LogP contribution in [0.5, 0.6) is 0 Å². The fourth-order valence-electron chi connectivity index (χ4n) is 4.66. The Morgan fingerprint density at radius 3 is 2.52 bits per heavy atom. The van der Waals surface area contributed by atoms with E-state index in [0.717, 1.165) is 16.8 Å². The van der Waals surface area contributed by atoms with Gasteiger partial charge in [0.05, 0.1) is 23.3 Å². The molecule has 3 aromatic rings. The summed E-state index contributed by atoms with van der Waals surface area (Å²) in [5.74, 6) is 0.0985. The molecule has 4 rings (SSSR count). The lowest BCUT2D eigenvalue weighted by molar-refractivity contribution is -0.131. The standard InChI is InChI=1S/C25H25Cl2N3O/c1-4-12-25(2)14-22(18-6-5-7-20(27)13-18)23(17-8-10-19(26)11-9-17)30(24(25)31)21-15-28-29(3)16-21/h4-11,13,15-16,22-23H,1,12,14H2,2-3H3/t22-,23?,25+/m1/s1. The summed E-state index contributed by atoms with van der Waals surface area (Å²) in [7, 11) is 1.85. The SMILES string of the molecule is C=CC[C@@]1(C)C[C@H](c2cccc(Cl)c2)C(c2ccc(Cl)cc2)N(c2cnn(C)c2)C1=O. The Morgan fingerprint density at radius 2 is 1.90 bits per heavy atom. The minimum absolute atomic E-state index is 0.0303. The minimum atomic E-state index is -0.590. The highest BCUT2D eigenvalue weighted by atomic mass is 35.5. The third kappa shape index (κ3) is 4.15. The highest BCUT2D eigenvalue weighted by Gasteiger charge is 2.50. The van der Waals surface area contributed by atoms with Crippen LogP contribution >= 0.6 is 23.2 Å². The van der Waals surface area contributed by atoms with E-state index in [4.69, 9.17) is 23.2 Å². The third-order valence-corrected chi connectivity index (χ3v) is 6.60. The summed E-state index contributed by atoms with van der Waals surface area (Å²) in [5.41, 5.74) is 2.30. The molecule has 1 aliphatic rings. The van der Waals surface area contributed by atoms with Gasteiger partial charge in [0.2, 0.25) is 5.91 Å². The zero-order valence-electron chi connectivity index (χ0n) is 17.6. The fraction of sp³-hybridized carbons (Fsp3) is 0.280. The first kappa shape index (κ1) is 21.7. The average molecular weight is 454 g/mol. The van der Waals surface area contributed by atoms with Crippen LogP contribution in [0.1, 0.15) is 42.9 Å². The highest BCUT2D eigenvalue weighted by Crippen LogP contribution is 2.52. The summed E-state index contributed by atoms with van der Waals surface area (Å²) in [6, 6.07) is 15.4. The van der Waals surface area contributed by atoms with Gasteiger partial charge in [0, 0.05) is 29.2 Å². The van der Waals surface area contributed by atoms with Gasteiger partial charge in [-0.15, -0.1) is 6.58 Å². The quantitative estimate of drug-likeness (QED) is 0.409. The van der Waals surface area contributed by atoms with Crippen molar-refractivity contribution in [1.29, 1.82) is 0 Å². The molecule has 0 spiro atoms. The normalized spacial score (nSPS) is 23.7. The van der Waals surface area contributed by atoms with Crippen molar-refractivity contribution < 1.29 is 4.79 Å². The number of amides is 1. The molecule has 0 aliphatic carbocycles. The number of benzene rings is 2. The molecule has 2 heterocycles. The molecule has 0 N–H and O–H groups in total. The summed E-state index contributed by atoms with van der Waals surface area (Å²) in [5, 5.41) is 5.68. The molecule has 6 heteroatoms. The predicted octanol–water partition coefficient (Wildman–Crippen LogP) is 6.57. The molecular formula is C25H25Cl2N3O. The Bertz CT molecular complexity index is 1110. The van der Waals surface area contributed by atoms with Gasteiger partial charge in [0.25, 0.3) is 0 Å². The number of rotatable bonds is 5. The van der Waals surface area contributed by atoms with Crippen molar-refractivity contribution in [3.8, 4) is 0 Å². The maximum atomic E-state index is 13.9. The second-order valence-electron chi connectivity index (χ2n) is 8.46. The van der Waals surface area contributed by atoms with Crippen molar-refractivity contribution in [2.24, 2.45) is 12.5 Å². The van der Waals surface area contributed by atoms with Crippen LogP contribution in [0.4, 0.5) is 5.69 Å². The van der Waals surface area contributed by atoms with E-state index < -0.39 is 5.41 Å². The van der Waals surface area contributed by atoms with Crippen LogP contribution in [0.15, 0.2) is 73.6 Å². The van der Waals surface area contributed by atoms with Crippen LogP contribution in [0.2, 0.25) is 10.0 Å². The van der Waals surface area contributed by atoms with E-state index in [-0.39, 0.29) is 17.9 Å². The van der Waals surface area contributed by atoms with Gasteiger partial charge in [0.1, 0.15) is 0 Å². The van der Waals surface area contributed by atoms with E-state index >= 15 is 0 Å². The van der Waals surface area contributed by atoms with Gasteiger partial charge in [-0.2, -0.15) is 5.10 Å². The van der Waals surface area contributed by atoms with Crippen molar-refractivity contribution in [2.75, 3.05) is 4.90 Å². The highest BCUT2D eigenvalue weighted by molar-refractivity contribution is 6.30. The monoisotopic (exact) mass is 453 g/mol. The summed E-state index contributed by atoms with van der Waals surface area (Å²) >= 11 is 12.5. The maximum absolute atomic E-state index is 13.9. The molecule has 160 valence electrons. The van der Waals surface area contributed by atoms with E-state index in [1.807, 2.05) is 73.6 Å². The molecule has 2 aromatic carbocycles. The molecule has 1 saturated heterocycles. The number of hydrogen-bond donors (Lipinski definition) is 0. The third-order valence-electron chi connectivity index (χ3n) is 6.12. The summed E-state index contributed by atoms with van der Waals surface area (Å²) < 4.78 is 1.72. The number of aromatic nitrogens is 2. The second kappa shape index (κ2) is 8.52. The van der Waals surface area contributed by atoms with Gasteiger partial charge in [-0.25, -0.2) is 0 Å². The van der Waals surface area contributed by atoms with Gasteiger partial charge in [-0.3, -0.25) is 9.48 Å². The van der Waals surface area contributed by atoms with Crippen LogP contribution in [0.3, 0.4) is 0 Å². The summed E-state index contributed by atoms with van der Waals surface area (Å²) in [6.07, 6.45) is 6.73. The zero-order valence-corrected chi connectivity index (χ0v) is 19.1. The predicted molar refractivity (Wildman–Crippen MR) is 127 cm³/mol. The van der Waals surface area contributed by atoms with Crippen LogP contribution in [-0.4, -0.2) is 15.7 Å². The minimum Gasteiger partial charge on any atom is -0.301 e. The Morgan fingerprint density at radius 1 is 1.16 bits per heavy atom. The Kier molecular flexibility index (Phi) is 5.96. The van der Waals surface area contributed by atoms with Crippen molar-refractivity contribution in [1.82, 2.24) is 9.78 Å². The molecular weight excluding hydrogens is 429 g/mol. The van der Waals surface area contributed by atoms with Crippen molar-refractivity contribution >= 4 is 34.8 Å². The number of aryl methyl sites for hydroxylation is 1. The van der Waals surface area contributed by atoms with Gasteiger partial charge >= 0.3 is 0 Å². The number of halogens is 2. The number of piperidine rings is 1. The zero-order chi connectivity index (χ0) is 22.2. The Hall–Kier alpha value is -2.56. The Balaban J connectivity index is 1.93. The number of allylic oxidation sites excluding steroid dienone is 1. The van der Waals surface area contributed by atoms with Crippen LogP contribution < -0.4 is 4.90 Å². The van der Waals surface area contributed by atoms with Gasteiger partial charge in [-0.1, -0.05) is 60.5 Å². The van der Waals surface area contributed by atoms with E-state index in [1.165, 1.54) is 0 Å². The molecule has 31 heavy (non-hydrogen) atoms. The largest absolute Gasteiger partial charge is 0.301 e. The molecule has 1 aromatic heterocycles. The molecule has 0 bridgehead atoms. The number of nitrogens with zero attached hydrogens (tertiary/aromatic N) is 3. The van der Waals surface area contributed by atoms with Crippen LogP contribution in [-0.2, 0) is 11.8 Å². The lowest BCUT2D eigenvalue weighted by Crippen LogP contribution is -2.52. The van der Waals surface area contributed by atoms with Crippen LogP contribution in [0, 0.1) is 5.41 Å². The first-order chi connectivity index (χ1) is 14.8. The van der Waals surface area contributed by atoms with E-state index in [0.29, 0.717) is 22.9 Å². The van der Waals surface area contributed by atoms with Crippen molar-refractivity contribution in [2.45, 2.75) is 31.7 Å². The molecule has 1 amide bonds. The van der Waals surface area contributed by atoms with E-state index in [9.17, 15) is 4.79 Å². The maximum Gasteiger partial charge on any atom is 0.233 e. The van der Waals surface area contributed by atoms with E-state index in [1.54, 1.807) is 10.9 Å². The first-order valence-electron chi connectivity index (χ1n) is 10.3.